The Morgan fingerprint density at radius 1 is 1.06 bits per heavy atom. The van der Waals surface area contributed by atoms with E-state index in [4.69, 9.17) is 23.7 Å². The van der Waals surface area contributed by atoms with Crippen molar-refractivity contribution in [3.63, 3.8) is 0 Å². The number of aryl methyl sites for hydroxylation is 1. The number of ether oxygens (including phenoxy) is 5. The molecule has 3 aliphatic rings. The lowest BCUT2D eigenvalue weighted by Crippen LogP contribution is -2.38. The van der Waals surface area contributed by atoms with E-state index in [0.29, 0.717) is 25.2 Å². The van der Waals surface area contributed by atoms with Gasteiger partial charge in [-0.1, -0.05) is 18.2 Å². The smallest absolute Gasteiger partial charge is 0.194 e. The molecule has 7 heteroatoms. The van der Waals surface area contributed by atoms with Crippen molar-refractivity contribution in [1.29, 1.82) is 0 Å². The Labute approximate surface area is 180 Å². The van der Waals surface area contributed by atoms with Gasteiger partial charge in [0.2, 0.25) is 0 Å². The van der Waals surface area contributed by atoms with E-state index in [1.54, 1.807) is 19.9 Å². The summed E-state index contributed by atoms with van der Waals surface area (Å²) in [6, 6.07) is 11.4. The fourth-order valence-corrected chi connectivity index (χ4v) is 4.31. The van der Waals surface area contributed by atoms with Crippen LogP contribution in [0.1, 0.15) is 40.9 Å². The Balaban J connectivity index is 1.35. The number of rotatable bonds is 4. The number of ketones is 1. The van der Waals surface area contributed by atoms with Crippen LogP contribution in [-0.2, 0) is 20.6 Å². The Kier molecular flexibility index (Phi) is 5.01. The molecule has 0 aliphatic carbocycles. The normalized spacial score (nSPS) is 28.4. The predicted octanol–water partition coefficient (Wildman–Crippen LogP) is 2.78. The van der Waals surface area contributed by atoms with Gasteiger partial charge in [0, 0.05) is 5.56 Å². The van der Waals surface area contributed by atoms with Crippen molar-refractivity contribution in [3.05, 3.63) is 58.7 Å². The van der Waals surface area contributed by atoms with E-state index in [2.05, 4.69) is 0 Å². The molecule has 164 valence electrons. The van der Waals surface area contributed by atoms with Crippen LogP contribution in [0.25, 0.3) is 0 Å². The van der Waals surface area contributed by atoms with Crippen molar-refractivity contribution in [2.24, 2.45) is 0 Å². The lowest BCUT2D eigenvalue weighted by atomic mass is 9.94. The molecular formula is C24H26O7. The molecule has 3 aliphatic heterocycles. The molecular weight excluding hydrogens is 400 g/mol. The molecule has 0 bridgehead atoms. The van der Waals surface area contributed by atoms with Crippen molar-refractivity contribution in [1.82, 2.24) is 0 Å². The molecule has 0 amide bonds. The van der Waals surface area contributed by atoms with Crippen LogP contribution < -0.4 is 9.47 Å². The molecule has 0 radical (unpaired) electrons. The fourth-order valence-electron chi connectivity index (χ4n) is 4.31. The van der Waals surface area contributed by atoms with E-state index in [9.17, 15) is 9.90 Å². The van der Waals surface area contributed by atoms with Gasteiger partial charge in [-0.2, -0.15) is 0 Å². The van der Waals surface area contributed by atoms with Gasteiger partial charge >= 0.3 is 0 Å². The third-order valence-electron chi connectivity index (χ3n) is 5.91. The molecule has 7 nitrogen and oxygen atoms in total. The SMILES string of the molecule is Cc1ccc(C(=O)[C@@H]2O[C@H]3OC(C)(C)O[C@H]3[C@@H]2O)cc1Cc1ccc2c(c1)OCCO2. The Morgan fingerprint density at radius 2 is 1.84 bits per heavy atom. The second-order valence-electron chi connectivity index (χ2n) is 8.68. The van der Waals surface area contributed by atoms with Gasteiger partial charge in [-0.25, -0.2) is 0 Å². The van der Waals surface area contributed by atoms with E-state index in [1.807, 2.05) is 37.3 Å². The number of carbonyl (C=O) groups excluding carboxylic acids is 1. The molecule has 4 atom stereocenters. The number of benzene rings is 2. The molecule has 1 N–H and O–H groups in total. The van der Waals surface area contributed by atoms with Crippen molar-refractivity contribution in [2.75, 3.05) is 13.2 Å². The quantitative estimate of drug-likeness (QED) is 0.753. The summed E-state index contributed by atoms with van der Waals surface area (Å²) in [6.45, 7) is 6.61. The first-order chi connectivity index (χ1) is 14.8. The standard InChI is InChI=1S/C24H26O7/c1-13-4-6-15(19(25)21-20(26)22-23(29-21)31-24(2,3)30-22)12-16(13)10-14-5-7-17-18(11-14)28-9-8-27-17/h4-7,11-12,20-23,26H,8-10H2,1-3H3/t20-,21+,22+,23+/m1/s1. The topological polar surface area (TPSA) is 83.5 Å². The predicted molar refractivity (Wildman–Crippen MR) is 110 cm³/mol. The number of hydrogen-bond donors (Lipinski definition) is 1. The summed E-state index contributed by atoms with van der Waals surface area (Å²) in [7, 11) is 0. The van der Waals surface area contributed by atoms with Gasteiger partial charge in [0.05, 0.1) is 0 Å². The number of hydrogen-bond acceptors (Lipinski definition) is 7. The number of carbonyl (C=O) groups is 1. The lowest BCUT2D eigenvalue weighted by molar-refractivity contribution is -0.208. The molecule has 3 heterocycles. The van der Waals surface area contributed by atoms with Crippen molar-refractivity contribution >= 4 is 5.78 Å². The first kappa shape index (κ1) is 20.5. The van der Waals surface area contributed by atoms with Crippen LogP contribution in [0.5, 0.6) is 11.5 Å². The fraction of sp³-hybridized carbons (Fsp3) is 0.458. The van der Waals surface area contributed by atoms with Gasteiger partial charge in [0.1, 0.15) is 25.4 Å². The van der Waals surface area contributed by atoms with Gasteiger partial charge in [0.15, 0.2) is 35.5 Å². The number of Topliss-reactive ketones (excluding diaryl/α,β-unsaturated/α-hetero) is 1. The summed E-state index contributed by atoms with van der Waals surface area (Å²) in [5, 5.41) is 10.6. The zero-order valence-corrected chi connectivity index (χ0v) is 17.8. The number of aliphatic hydroxyl groups excluding tert-OH is 1. The summed E-state index contributed by atoms with van der Waals surface area (Å²) in [5.41, 5.74) is 3.64. The minimum atomic E-state index is -1.08. The Morgan fingerprint density at radius 3 is 2.61 bits per heavy atom. The van der Waals surface area contributed by atoms with Crippen molar-refractivity contribution in [3.8, 4) is 11.5 Å². The second kappa shape index (κ2) is 7.60. The first-order valence-corrected chi connectivity index (χ1v) is 10.5. The summed E-state index contributed by atoms with van der Waals surface area (Å²) in [4.78, 5) is 13.1. The summed E-state index contributed by atoms with van der Waals surface area (Å²) in [5.74, 6) is 0.368. The highest BCUT2D eigenvalue weighted by molar-refractivity contribution is 6.00. The third kappa shape index (κ3) is 3.83. The maximum absolute atomic E-state index is 13.1. The van der Waals surface area contributed by atoms with E-state index in [0.717, 1.165) is 28.2 Å². The number of fused-ring (bicyclic) bond motifs is 2. The maximum Gasteiger partial charge on any atom is 0.194 e. The lowest BCUT2D eigenvalue weighted by Gasteiger charge is -2.22. The molecule has 2 saturated heterocycles. The van der Waals surface area contributed by atoms with Crippen LogP contribution in [0.15, 0.2) is 36.4 Å². The Hall–Kier alpha value is -2.45. The van der Waals surface area contributed by atoms with E-state index < -0.39 is 30.4 Å². The molecule has 0 spiro atoms. The van der Waals surface area contributed by atoms with Crippen molar-refractivity contribution in [2.45, 2.75) is 57.6 Å². The van der Waals surface area contributed by atoms with Gasteiger partial charge in [-0.15, -0.1) is 0 Å². The van der Waals surface area contributed by atoms with Crippen LogP contribution in [0.2, 0.25) is 0 Å². The zero-order valence-electron chi connectivity index (χ0n) is 17.8. The molecule has 2 aromatic carbocycles. The highest BCUT2D eigenvalue weighted by atomic mass is 16.8. The molecule has 2 aromatic rings. The van der Waals surface area contributed by atoms with Crippen molar-refractivity contribution < 1.29 is 33.6 Å². The molecule has 5 rings (SSSR count). The van der Waals surface area contributed by atoms with E-state index in [-0.39, 0.29) is 5.78 Å². The monoisotopic (exact) mass is 426 g/mol. The molecule has 2 fully saturated rings. The van der Waals surface area contributed by atoms with Crippen LogP contribution >= 0.6 is 0 Å². The van der Waals surface area contributed by atoms with Crippen LogP contribution in [0.3, 0.4) is 0 Å². The van der Waals surface area contributed by atoms with Gasteiger partial charge in [0.25, 0.3) is 0 Å². The average Bonchev–Trinajstić information content (AvgIpc) is 3.21. The maximum atomic E-state index is 13.1. The highest BCUT2D eigenvalue weighted by Gasteiger charge is 2.56. The van der Waals surface area contributed by atoms with Crippen LogP contribution in [0, 0.1) is 6.92 Å². The summed E-state index contributed by atoms with van der Waals surface area (Å²) < 4.78 is 28.3. The van der Waals surface area contributed by atoms with E-state index in [1.165, 1.54) is 0 Å². The zero-order chi connectivity index (χ0) is 21.8. The summed E-state index contributed by atoms with van der Waals surface area (Å²) >= 11 is 0. The number of aliphatic hydroxyl groups is 1. The van der Waals surface area contributed by atoms with E-state index >= 15 is 0 Å². The molecule has 0 aromatic heterocycles. The van der Waals surface area contributed by atoms with Crippen LogP contribution in [0.4, 0.5) is 0 Å². The third-order valence-corrected chi connectivity index (χ3v) is 5.91. The minimum absolute atomic E-state index is 0.282. The molecule has 0 saturated carbocycles. The first-order valence-electron chi connectivity index (χ1n) is 10.5. The molecule has 31 heavy (non-hydrogen) atoms. The minimum Gasteiger partial charge on any atom is -0.486 e. The second-order valence-corrected chi connectivity index (χ2v) is 8.68. The highest BCUT2D eigenvalue weighted by Crippen LogP contribution is 2.38. The largest absolute Gasteiger partial charge is 0.486 e. The van der Waals surface area contributed by atoms with Gasteiger partial charge in [-0.3, -0.25) is 4.79 Å². The van der Waals surface area contributed by atoms with Gasteiger partial charge < -0.3 is 28.8 Å². The molecule has 0 unspecified atom stereocenters. The van der Waals surface area contributed by atoms with Gasteiger partial charge in [-0.05, 0) is 62.1 Å². The average molecular weight is 426 g/mol. The summed E-state index contributed by atoms with van der Waals surface area (Å²) in [6.07, 6.45) is -2.88. The Bertz CT molecular complexity index is 1010. The van der Waals surface area contributed by atoms with Crippen LogP contribution in [-0.4, -0.2) is 54.5 Å².